The van der Waals surface area contributed by atoms with Crippen LogP contribution in [0.25, 0.3) is 0 Å². The second-order valence-corrected chi connectivity index (χ2v) is 3.40. The van der Waals surface area contributed by atoms with Crippen molar-refractivity contribution in [3.05, 3.63) is 21.9 Å². The molecule has 0 aromatic heterocycles. The number of hydrogen-bond acceptors (Lipinski definition) is 4. The molecule has 4 nitrogen and oxygen atoms in total. The highest BCUT2D eigenvalue weighted by molar-refractivity contribution is 9.10. The van der Waals surface area contributed by atoms with E-state index in [0.29, 0.717) is 6.29 Å². The molecule has 6 heteroatoms. The van der Waals surface area contributed by atoms with Crippen molar-refractivity contribution in [2.24, 2.45) is 0 Å². The second kappa shape index (κ2) is 5.09. The average molecular weight is 279 g/mol. The summed E-state index contributed by atoms with van der Waals surface area (Å²) in [6, 6.07) is 1.10. The van der Waals surface area contributed by atoms with Crippen LogP contribution in [0.5, 0.6) is 11.5 Å². The van der Waals surface area contributed by atoms with Crippen molar-refractivity contribution in [2.75, 3.05) is 13.9 Å². The van der Waals surface area contributed by atoms with Crippen LogP contribution >= 0.6 is 15.9 Å². The Morgan fingerprint density at radius 3 is 2.87 bits per heavy atom. The number of halogens is 2. The molecule has 0 aliphatic carbocycles. The Labute approximate surface area is 93.7 Å². The maximum Gasteiger partial charge on any atom is 0.200 e. The number of hydrogen-bond donors (Lipinski definition) is 1. The Morgan fingerprint density at radius 2 is 2.33 bits per heavy atom. The minimum atomic E-state index is -0.839. The van der Waals surface area contributed by atoms with E-state index in [1.807, 2.05) is 0 Å². The van der Waals surface area contributed by atoms with Crippen molar-refractivity contribution in [2.45, 2.75) is 0 Å². The van der Waals surface area contributed by atoms with Crippen molar-refractivity contribution in [1.29, 1.82) is 0 Å². The summed E-state index contributed by atoms with van der Waals surface area (Å²) in [5.74, 6) is -1.64. The van der Waals surface area contributed by atoms with Gasteiger partial charge in [-0.3, -0.25) is 4.79 Å². The zero-order valence-electron chi connectivity index (χ0n) is 7.79. The molecule has 1 aromatic carbocycles. The molecule has 0 saturated heterocycles. The van der Waals surface area contributed by atoms with Gasteiger partial charge in [-0.25, -0.2) is 4.39 Å². The van der Waals surface area contributed by atoms with Crippen molar-refractivity contribution in [3.8, 4) is 11.5 Å². The predicted octanol–water partition coefficient (Wildman–Crippen LogP) is 2.09. The molecule has 0 atom stereocenters. The van der Waals surface area contributed by atoms with Crippen molar-refractivity contribution >= 4 is 22.2 Å². The highest BCUT2D eigenvalue weighted by Gasteiger charge is 2.17. The van der Waals surface area contributed by atoms with Gasteiger partial charge in [0.05, 0.1) is 4.47 Å². The van der Waals surface area contributed by atoms with Gasteiger partial charge in [-0.15, -0.1) is 0 Å². The van der Waals surface area contributed by atoms with E-state index in [4.69, 9.17) is 4.74 Å². The first-order valence-corrected chi connectivity index (χ1v) is 4.69. The van der Waals surface area contributed by atoms with E-state index in [9.17, 15) is 14.3 Å². The first-order chi connectivity index (χ1) is 7.11. The predicted molar refractivity (Wildman–Crippen MR) is 53.7 cm³/mol. The van der Waals surface area contributed by atoms with Crippen LogP contribution in [0.15, 0.2) is 10.5 Å². The summed E-state index contributed by atoms with van der Waals surface area (Å²) in [6.07, 6.45) is 0.424. The molecule has 15 heavy (non-hydrogen) atoms. The van der Waals surface area contributed by atoms with Gasteiger partial charge in [-0.2, -0.15) is 0 Å². The van der Waals surface area contributed by atoms with Gasteiger partial charge < -0.3 is 14.6 Å². The summed E-state index contributed by atoms with van der Waals surface area (Å²) in [5, 5.41) is 9.35. The van der Waals surface area contributed by atoms with Gasteiger partial charge >= 0.3 is 0 Å². The van der Waals surface area contributed by atoms with Gasteiger partial charge in [0.15, 0.2) is 24.6 Å². The van der Waals surface area contributed by atoms with Gasteiger partial charge in [0.25, 0.3) is 0 Å². The lowest BCUT2D eigenvalue weighted by molar-refractivity contribution is 0.0461. The van der Waals surface area contributed by atoms with E-state index >= 15 is 0 Å². The fourth-order valence-electron chi connectivity index (χ4n) is 0.956. The second-order valence-electron chi connectivity index (χ2n) is 2.61. The third kappa shape index (κ3) is 2.45. The Morgan fingerprint density at radius 1 is 1.67 bits per heavy atom. The summed E-state index contributed by atoms with van der Waals surface area (Å²) in [4.78, 5) is 10.5. The number of aromatic hydroxyl groups is 1. The fraction of sp³-hybridized carbons (Fsp3) is 0.222. The molecule has 0 aliphatic rings. The molecule has 0 radical (unpaired) electrons. The number of rotatable bonds is 4. The Bertz CT molecular complexity index is 381. The Hall–Kier alpha value is -1.14. The molecule has 1 N–H and O–H groups in total. The molecule has 0 saturated carbocycles. The summed E-state index contributed by atoms with van der Waals surface area (Å²) < 4.78 is 22.8. The first-order valence-electron chi connectivity index (χ1n) is 3.89. The highest BCUT2D eigenvalue weighted by atomic mass is 79.9. The lowest BCUT2D eigenvalue weighted by Crippen LogP contribution is -2.02. The number of ether oxygens (including phenoxy) is 2. The van der Waals surface area contributed by atoms with E-state index < -0.39 is 11.6 Å². The third-order valence-electron chi connectivity index (χ3n) is 1.62. The largest absolute Gasteiger partial charge is 0.504 e. The first kappa shape index (κ1) is 11.9. The topological polar surface area (TPSA) is 55.8 Å². The molecular formula is C9H8BrFO4. The number of benzene rings is 1. The zero-order valence-corrected chi connectivity index (χ0v) is 9.38. The molecule has 0 bridgehead atoms. The number of carbonyl (C=O) groups is 1. The van der Waals surface area contributed by atoms with Crippen LogP contribution in [0.1, 0.15) is 10.4 Å². The van der Waals surface area contributed by atoms with Gasteiger partial charge in [0.1, 0.15) is 0 Å². The maximum absolute atomic E-state index is 13.5. The minimum absolute atomic E-state index is 0.00904. The van der Waals surface area contributed by atoms with Gasteiger partial charge in [-0.05, 0) is 22.0 Å². The lowest BCUT2D eigenvalue weighted by atomic mass is 10.2. The SMILES string of the molecule is COCOc1c(O)cc(C=O)c(Br)c1F. The standard InChI is InChI=1S/C9H8BrFO4/c1-14-4-15-9-6(13)2-5(3-12)7(10)8(9)11/h2-3,13H,4H2,1H3. The van der Waals surface area contributed by atoms with Gasteiger partial charge in [0.2, 0.25) is 5.75 Å². The number of phenols is 1. The minimum Gasteiger partial charge on any atom is -0.504 e. The van der Waals surface area contributed by atoms with Crippen LogP contribution in [0.4, 0.5) is 4.39 Å². The molecule has 0 heterocycles. The molecule has 0 aliphatic heterocycles. The normalized spacial score (nSPS) is 10.1. The van der Waals surface area contributed by atoms with Crippen LogP contribution in [0.2, 0.25) is 0 Å². The number of aldehydes is 1. The smallest absolute Gasteiger partial charge is 0.200 e. The molecule has 0 unspecified atom stereocenters. The van der Waals surface area contributed by atoms with E-state index in [2.05, 4.69) is 20.7 Å². The number of carbonyl (C=O) groups excluding carboxylic acids is 1. The van der Waals surface area contributed by atoms with Crippen LogP contribution in [0, 0.1) is 5.82 Å². The number of phenolic OH excluding ortho intramolecular Hbond substituents is 1. The van der Waals surface area contributed by atoms with Crippen molar-refractivity contribution in [1.82, 2.24) is 0 Å². The van der Waals surface area contributed by atoms with Crippen LogP contribution in [-0.4, -0.2) is 25.3 Å². The van der Waals surface area contributed by atoms with Crippen molar-refractivity contribution in [3.63, 3.8) is 0 Å². The highest BCUT2D eigenvalue weighted by Crippen LogP contribution is 2.36. The third-order valence-corrected chi connectivity index (χ3v) is 2.42. The van der Waals surface area contributed by atoms with E-state index in [-0.39, 0.29) is 22.6 Å². The fourth-order valence-corrected chi connectivity index (χ4v) is 1.34. The van der Waals surface area contributed by atoms with Gasteiger partial charge in [0, 0.05) is 12.7 Å². The van der Waals surface area contributed by atoms with Crippen LogP contribution < -0.4 is 4.74 Å². The van der Waals surface area contributed by atoms with Crippen LogP contribution in [0.3, 0.4) is 0 Å². The quantitative estimate of drug-likeness (QED) is 0.677. The molecule has 0 amide bonds. The molecule has 1 rings (SSSR count). The molecule has 0 fully saturated rings. The summed E-state index contributed by atoms with van der Waals surface area (Å²) in [7, 11) is 1.36. The molecular weight excluding hydrogens is 271 g/mol. The summed E-state index contributed by atoms with van der Waals surface area (Å²) in [5.41, 5.74) is 0.00904. The molecule has 0 spiro atoms. The Kier molecular flexibility index (Phi) is 4.05. The van der Waals surface area contributed by atoms with E-state index in [1.165, 1.54) is 7.11 Å². The lowest BCUT2D eigenvalue weighted by Gasteiger charge is -2.10. The summed E-state index contributed by atoms with van der Waals surface area (Å²) in [6.45, 7) is -0.197. The van der Waals surface area contributed by atoms with E-state index in [0.717, 1.165) is 6.07 Å². The molecule has 82 valence electrons. The Balaban J connectivity index is 3.17. The van der Waals surface area contributed by atoms with Gasteiger partial charge in [-0.1, -0.05) is 0 Å². The molecule has 1 aromatic rings. The average Bonchev–Trinajstić information content (AvgIpc) is 2.23. The maximum atomic E-state index is 13.5. The summed E-state index contributed by atoms with van der Waals surface area (Å²) >= 11 is 2.88. The van der Waals surface area contributed by atoms with Crippen molar-refractivity contribution < 1.29 is 23.8 Å². The monoisotopic (exact) mass is 278 g/mol. The van der Waals surface area contributed by atoms with Crippen LogP contribution in [-0.2, 0) is 4.74 Å². The number of methoxy groups -OCH3 is 1. The van der Waals surface area contributed by atoms with E-state index in [1.54, 1.807) is 0 Å². The zero-order chi connectivity index (χ0) is 11.4.